The zero-order chi connectivity index (χ0) is 15.1. The number of rotatable bonds is 7. The van der Waals surface area contributed by atoms with Crippen molar-refractivity contribution in [2.75, 3.05) is 26.1 Å². The first kappa shape index (κ1) is 15.1. The molecule has 2 N–H and O–H groups in total. The Labute approximate surface area is 123 Å². The lowest BCUT2D eigenvalue weighted by molar-refractivity contribution is 0.0482. The summed E-state index contributed by atoms with van der Waals surface area (Å²) in [7, 11) is 1.65. The summed E-state index contributed by atoms with van der Waals surface area (Å²) >= 11 is 0. The number of nitrogens with two attached hydrogens (primary N) is 1. The molecule has 112 valence electrons. The largest absolute Gasteiger partial charge is 0.461 e. The van der Waals surface area contributed by atoms with Crippen LogP contribution in [0.5, 0.6) is 0 Å². The average molecular weight is 289 g/mol. The van der Waals surface area contributed by atoms with Gasteiger partial charge in [0.1, 0.15) is 0 Å². The van der Waals surface area contributed by atoms with Gasteiger partial charge < -0.3 is 15.2 Å². The predicted octanol–water partition coefficient (Wildman–Crippen LogP) is 2.04. The molecule has 0 fully saturated rings. The summed E-state index contributed by atoms with van der Waals surface area (Å²) in [5.41, 5.74) is 7.44. The lowest BCUT2D eigenvalue weighted by atomic mass is 10.3. The van der Waals surface area contributed by atoms with Crippen LogP contribution in [-0.2, 0) is 9.47 Å². The second kappa shape index (κ2) is 7.44. The molecule has 0 spiro atoms. The minimum Gasteiger partial charge on any atom is -0.461 e. The lowest BCUT2D eigenvalue weighted by Crippen LogP contribution is -2.08. The number of anilines is 1. The highest BCUT2D eigenvalue weighted by Crippen LogP contribution is 2.11. The number of nitrogens with zero attached hydrogens (tertiary/aromatic N) is 2. The molecule has 0 atom stereocenters. The van der Waals surface area contributed by atoms with Crippen LogP contribution in [0.15, 0.2) is 36.5 Å². The van der Waals surface area contributed by atoms with Gasteiger partial charge in [0.15, 0.2) is 5.69 Å². The van der Waals surface area contributed by atoms with Gasteiger partial charge in [-0.25, -0.2) is 9.48 Å². The molecular weight excluding hydrogens is 270 g/mol. The van der Waals surface area contributed by atoms with E-state index in [0.29, 0.717) is 24.6 Å². The summed E-state index contributed by atoms with van der Waals surface area (Å²) in [5, 5.41) is 4.20. The van der Waals surface area contributed by atoms with E-state index in [4.69, 9.17) is 15.2 Å². The number of carbonyl (C=O) groups excluding carboxylic acids is 1. The number of benzene rings is 1. The molecule has 0 aliphatic rings. The molecule has 0 saturated heterocycles. The molecule has 0 unspecified atom stereocenters. The smallest absolute Gasteiger partial charge is 0.358 e. The van der Waals surface area contributed by atoms with Gasteiger partial charge in [0.05, 0.1) is 12.3 Å². The molecule has 0 saturated carbocycles. The van der Waals surface area contributed by atoms with Gasteiger partial charge in [-0.3, -0.25) is 0 Å². The summed E-state index contributed by atoms with van der Waals surface area (Å²) in [6.07, 6.45) is 3.36. The third-order valence-corrected chi connectivity index (χ3v) is 2.93. The third kappa shape index (κ3) is 4.32. The Morgan fingerprint density at radius 2 is 1.90 bits per heavy atom. The molecule has 21 heavy (non-hydrogen) atoms. The van der Waals surface area contributed by atoms with Gasteiger partial charge in [-0.05, 0) is 43.2 Å². The fourth-order valence-corrected chi connectivity index (χ4v) is 1.79. The first-order chi connectivity index (χ1) is 10.2. The number of ether oxygens (including phenoxy) is 2. The van der Waals surface area contributed by atoms with Crippen LogP contribution < -0.4 is 5.73 Å². The minimum atomic E-state index is -0.415. The average Bonchev–Trinajstić information content (AvgIpc) is 2.97. The van der Waals surface area contributed by atoms with Gasteiger partial charge in [-0.15, -0.1) is 0 Å². The molecular formula is C15H19N3O3. The van der Waals surface area contributed by atoms with Crippen molar-refractivity contribution in [1.82, 2.24) is 9.78 Å². The summed E-state index contributed by atoms with van der Waals surface area (Å²) in [6.45, 7) is 1.04. The predicted molar refractivity (Wildman–Crippen MR) is 79.4 cm³/mol. The molecule has 0 aliphatic heterocycles. The van der Waals surface area contributed by atoms with Gasteiger partial charge in [0.25, 0.3) is 0 Å². The summed E-state index contributed by atoms with van der Waals surface area (Å²) in [4.78, 5) is 11.8. The number of hydrogen-bond donors (Lipinski definition) is 1. The van der Waals surface area contributed by atoms with Crippen LogP contribution >= 0.6 is 0 Å². The van der Waals surface area contributed by atoms with E-state index in [1.807, 2.05) is 12.1 Å². The van der Waals surface area contributed by atoms with E-state index in [1.54, 1.807) is 36.2 Å². The Hall–Kier alpha value is -2.34. The van der Waals surface area contributed by atoms with E-state index in [0.717, 1.165) is 18.5 Å². The first-order valence-electron chi connectivity index (χ1n) is 6.78. The molecule has 2 aromatic rings. The van der Waals surface area contributed by atoms with Crippen LogP contribution in [0.2, 0.25) is 0 Å². The highest BCUT2D eigenvalue weighted by atomic mass is 16.5. The van der Waals surface area contributed by atoms with E-state index in [2.05, 4.69) is 5.10 Å². The number of aromatic nitrogens is 2. The fourth-order valence-electron chi connectivity index (χ4n) is 1.79. The van der Waals surface area contributed by atoms with Crippen LogP contribution in [0.25, 0.3) is 5.69 Å². The highest BCUT2D eigenvalue weighted by Gasteiger charge is 2.11. The summed E-state index contributed by atoms with van der Waals surface area (Å²) in [5.74, 6) is -0.415. The first-order valence-corrected chi connectivity index (χ1v) is 6.78. The van der Waals surface area contributed by atoms with Crippen molar-refractivity contribution in [3.63, 3.8) is 0 Å². The van der Waals surface area contributed by atoms with E-state index in [9.17, 15) is 4.79 Å². The van der Waals surface area contributed by atoms with Crippen molar-refractivity contribution in [2.24, 2.45) is 0 Å². The molecule has 1 aromatic carbocycles. The SMILES string of the molecule is COCCCCOC(=O)c1ccn(-c2ccc(N)cc2)n1. The number of esters is 1. The van der Waals surface area contributed by atoms with Crippen molar-refractivity contribution in [3.05, 3.63) is 42.2 Å². The topological polar surface area (TPSA) is 79.4 Å². The molecule has 2 rings (SSSR count). The number of hydrogen-bond acceptors (Lipinski definition) is 5. The summed E-state index contributed by atoms with van der Waals surface area (Å²) in [6, 6.07) is 8.87. The zero-order valence-electron chi connectivity index (χ0n) is 12.0. The van der Waals surface area contributed by atoms with Crippen LogP contribution in [0.4, 0.5) is 5.69 Å². The van der Waals surface area contributed by atoms with Gasteiger partial charge in [-0.2, -0.15) is 5.10 Å². The van der Waals surface area contributed by atoms with Crippen molar-refractivity contribution in [2.45, 2.75) is 12.8 Å². The molecule has 0 amide bonds. The maximum absolute atomic E-state index is 11.8. The molecule has 0 bridgehead atoms. The third-order valence-electron chi connectivity index (χ3n) is 2.93. The van der Waals surface area contributed by atoms with Gasteiger partial charge in [0, 0.05) is 25.6 Å². The quantitative estimate of drug-likeness (QED) is 0.479. The number of nitrogen functional groups attached to an aromatic ring is 1. The Morgan fingerprint density at radius 1 is 1.19 bits per heavy atom. The normalized spacial score (nSPS) is 10.5. The Bertz CT molecular complexity index is 578. The van der Waals surface area contributed by atoms with Gasteiger partial charge >= 0.3 is 5.97 Å². The van der Waals surface area contributed by atoms with E-state index >= 15 is 0 Å². The molecule has 6 heteroatoms. The second-order valence-corrected chi connectivity index (χ2v) is 4.57. The van der Waals surface area contributed by atoms with Crippen LogP contribution in [0, 0.1) is 0 Å². The van der Waals surface area contributed by atoms with Crippen molar-refractivity contribution >= 4 is 11.7 Å². The van der Waals surface area contributed by atoms with E-state index in [1.165, 1.54) is 0 Å². The minimum absolute atomic E-state index is 0.290. The maximum atomic E-state index is 11.8. The Balaban J connectivity index is 1.90. The maximum Gasteiger partial charge on any atom is 0.358 e. The van der Waals surface area contributed by atoms with Crippen LogP contribution in [-0.4, -0.2) is 36.1 Å². The molecule has 1 heterocycles. The lowest BCUT2D eigenvalue weighted by Gasteiger charge is -2.03. The number of methoxy groups -OCH3 is 1. The monoisotopic (exact) mass is 289 g/mol. The van der Waals surface area contributed by atoms with Crippen LogP contribution in [0.3, 0.4) is 0 Å². The second-order valence-electron chi connectivity index (χ2n) is 4.57. The molecule has 6 nitrogen and oxygen atoms in total. The van der Waals surface area contributed by atoms with E-state index < -0.39 is 5.97 Å². The zero-order valence-corrected chi connectivity index (χ0v) is 12.0. The van der Waals surface area contributed by atoms with Crippen molar-refractivity contribution in [1.29, 1.82) is 0 Å². The standard InChI is InChI=1S/C15H19N3O3/c1-20-10-2-3-11-21-15(19)14-8-9-18(17-14)13-6-4-12(16)5-7-13/h4-9H,2-3,10-11,16H2,1H3. The van der Waals surface area contributed by atoms with E-state index in [-0.39, 0.29) is 0 Å². The Kier molecular flexibility index (Phi) is 5.34. The van der Waals surface area contributed by atoms with Gasteiger partial charge in [0.2, 0.25) is 0 Å². The molecule has 1 aromatic heterocycles. The highest BCUT2D eigenvalue weighted by molar-refractivity contribution is 5.87. The van der Waals surface area contributed by atoms with Crippen molar-refractivity contribution in [3.8, 4) is 5.69 Å². The van der Waals surface area contributed by atoms with Crippen molar-refractivity contribution < 1.29 is 14.3 Å². The number of unbranched alkanes of at least 4 members (excludes halogenated alkanes) is 1. The molecule has 0 aliphatic carbocycles. The number of carbonyl (C=O) groups is 1. The molecule has 0 radical (unpaired) electrons. The Morgan fingerprint density at radius 3 is 2.62 bits per heavy atom. The fraction of sp³-hybridized carbons (Fsp3) is 0.333. The van der Waals surface area contributed by atoms with Crippen LogP contribution in [0.1, 0.15) is 23.3 Å². The summed E-state index contributed by atoms with van der Waals surface area (Å²) < 4.78 is 11.7. The van der Waals surface area contributed by atoms with Gasteiger partial charge in [-0.1, -0.05) is 0 Å².